The standard InChI is InChI=1S/C19H24/c1-3-10-18-13-8-5-9-14-19(18)15-16(2)17-11-6-4-7-12-17/h4-9,11-14,16,19H,3,10,15H2,1-2H3. The van der Waals surface area contributed by atoms with E-state index >= 15 is 0 Å². The predicted octanol–water partition coefficient (Wildman–Crippen LogP) is 5.65. The monoisotopic (exact) mass is 252 g/mol. The van der Waals surface area contributed by atoms with Crippen LogP contribution in [-0.2, 0) is 0 Å². The van der Waals surface area contributed by atoms with E-state index in [1.165, 1.54) is 24.8 Å². The van der Waals surface area contributed by atoms with Crippen LogP contribution in [0.15, 0.2) is 66.3 Å². The molecule has 0 fully saturated rings. The summed E-state index contributed by atoms with van der Waals surface area (Å²) in [7, 11) is 0. The summed E-state index contributed by atoms with van der Waals surface area (Å²) in [4.78, 5) is 0. The average molecular weight is 252 g/mol. The van der Waals surface area contributed by atoms with Crippen molar-refractivity contribution in [3.8, 4) is 0 Å². The van der Waals surface area contributed by atoms with Gasteiger partial charge in [0, 0.05) is 0 Å². The van der Waals surface area contributed by atoms with Crippen LogP contribution in [-0.4, -0.2) is 0 Å². The summed E-state index contributed by atoms with van der Waals surface area (Å²) in [6, 6.07) is 10.9. The van der Waals surface area contributed by atoms with Gasteiger partial charge in [-0.05, 0) is 30.2 Å². The number of hydrogen-bond donors (Lipinski definition) is 0. The molecule has 0 nitrogen and oxygen atoms in total. The molecule has 2 atom stereocenters. The molecule has 2 unspecified atom stereocenters. The second kappa shape index (κ2) is 7.13. The Labute approximate surface area is 117 Å². The van der Waals surface area contributed by atoms with Gasteiger partial charge in [0.2, 0.25) is 0 Å². The van der Waals surface area contributed by atoms with Gasteiger partial charge < -0.3 is 0 Å². The van der Waals surface area contributed by atoms with Crippen LogP contribution >= 0.6 is 0 Å². The van der Waals surface area contributed by atoms with Crippen LogP contribution in [0.3, 0.4) is 0 Å². The first-order valence-electron chi connectivity index (χ1n) is 7.40. The number of rotatable bonds is 5. The van der Waals surface area contributed by atoms with Crippen LogP contribution in [0.1, 0.15) is 44.6 Å². The molecule has 0 spiro atoms. The summed E-state index contributed by atoms with van der Waals surface area (Å²) in [5.74, 6) is 1.19. The molecule has 0 bridgehead atoms. The van der Waals surface area contributed by atoms with Crippen molar-refractivity contribution in [2.45, 2.75) is 39.0 Å². The Bertz CT molecular complexity index is 462. The topological polar surface area (TPSA) is 0 Å². The van der Waals surface area contributed by atoms with Crippen molar-refractivity contribution < 1.29 is 0 Å². The molecule has 0 amide bonds. The Morgan fingerprint density at radius 2 is 1.84 bits per heavy atom. The lowest BCUT2D eigenvalue weighted by Gasteiger charge is -2.21. The van der Waals surface area contributed by atoms with Gasteiger partial charge in [0.1, 0.15) is 0 Å². The predicted molar refractivity (Wildman–Crippen MR) is 84.2 cm³/mol. The van der Waals surface area contributed by atoms with E-state index in [9.17, 15) is 0 Å². The highest BCUT2D eigenvalue weighted by atomic mass is 14.2. The van der Waals surface area contributed by atoms with Crippen molar-refractivity contribution in [2.75, 3.05) is 0 Å². The highest BCUT2D eigenvalue weighted by Crippen LogP contribution is 2.31. The Morgan fingerprint density at radius 3 is 2.58 bits per heavy atom. The lowest BCUT2D eigenvalue weighted by atomic mass is 9.84. The molecule has 0 aromatic heterocycles. The third-order valence-corrected chi connectivity index (χ3v) is 3.87. The zero-order valence-corrected chi connectivity index (χ0v) is 12.0. The van der Waals surface area contributed by atoms with E-state index in [-0.39, 0.29) is 0 Å². The van der Waals surface area contributed by atoms with Crippen molar-refractivity contribution in [2.24, 2.45) is 5.92 Å². The third-order valence-electron chi connectivity index (χ3n) is 3.87. The van der Waals surface area contributed by atoms with Crippen LogP contribution in [0, 0.1) is 5.92 Å². The molecule has 1 aliphatic carbocycles. The summed E-state index contributed by atoms with van der Waals surface area (Å²) in [6.45, 7) is 4.60. The van der Waals surface area contributed by atoms with Gasteiger partial charge in [-0.15, -0.1) is 0 Å². The summed E-state index contributed by atoms with van der Waals surface area (Å²) in [6.07, 6.45) is 14.8. The SMILES string of the molecule is CCCC1=CC=CC=CC1CC(C)c1ccccc1. The molecule has 0 radical (unpaired) electrons. The molecule has 1 aromatic carbocycles. The second-order valence-corrected chi connectivity index (χ2v) is 5.42. The van der Waals surface area contributed by atoms with Gasteiger partial charge in [-0.2, -0.15) is 0 Å². The fraction of sp³-hybridized carbons (Fsp3) is 0.368. The molecule has 0 aliphatic heterocycles. The highest BCUT2D eigenvalue weighted by Gasteiger charge is 2.16. The van der Waals surface area contributed by atoms with Crippen LogP contribution in [0.5, 0.6) is 0 Å². The highest BCUT2D eigenvalue weighted by molar-refractivity contribution is 5.28. The van der Waals surface area contributed by atoms with E-state index in [1.807, 2.05) is 0 Å². The van der Waals surface area contributed by atoms with Gasteiger partial charge in [0.05, 0.1) is 0 Å². The van der Waals surface area contributed by atoms with Crippen LogP contribution in [0.4, 0.5) is 0 Å². The molecule has 2 rings (SSSR count). The summed E-state index contributed by atoms with van der Waals surface area (Å²) in [5.41, 5.74) is 3.03. The van der Waals surface area contributed by atoms with Gasteiger partial charge in [0.15, 0.2) is 0 Å². The molecule has 0 heterocycles. The maximum absolute atomic E-state index is 2.37. The number of allylic oxidation sites excluding steroid dienone is 6. The average Bonchev–Trinajstić information content (AvgIpc) is 2.66. The molecule has 0 heteroatoms. The quantitative estimate of drug-likeness (QED) is 0.635. The zero-order chi connectivity index (χ0) is 13.5. The minimum absolute atomic E-state index is 0.588. The Hall–Kier alpha value is -1.56. The zero-order valence-electron chi connectivity index (χ0n) is 12.0. The van der Waals surface area contributed by atoms with Crippen molar-refractivity contribution >= 4 is 0 Å². The van der Waals surface area contributed by atoms with E-state index in [1.54, 1.807) is 5.57 Å². The summed E-state index contributed by atoms with van der Waals surface area (Å²) >= 11 is 0. The van der Waals surface area contributed by atoms with E-state index in [4.69, 9.17) is 0 Å². The molecular weight excluding hydrogens is 228 g/mol. The molecule has 1 aliphatic rings. The van der Waals surface area contributed by atoms with Crippen LogP contribution in [0.2, 0.25) is 0 Å². The molecule has 1 aromatic rings. The largest absolute Gasteiger partial charge is 0.0773 e. The summed E-state index contributed by atoms with van der Waals surface area (Å²) < 4.78 is 0. The van der Waals surface area contributed by atoms with Crippen LogP contribution in [0.25, 0.3) is 0 Å². The normalized spacial score (nSPS) is 19.9. The second-order valence-electron chi connectivity index (χ2n) is 5.42. The van der Waals surface area contributed by atoms with Gasteiger partial charge in [-0.3, -0.25) is 0 Å². The molecule has 0 N–H and O–H groups in total. The molecule has 100 valence electrons. The van der Waals surface area contributed by atoms with E-state index in [0.717, 1.165) is 0 Å². The fourth-order valence-electron chi connectivity index (χ4n) is 2.77. The first-order valence-corrected chi connectivity index (χ1v) is 7.40. The summed E-state index contributed by atoms with van der Waals surface area (Å²) in [5, 5.41) is 0. The first kappa shape index (κ1) is 13.9. The van der Waals surface area contributed by atoms with Crippen molar-refractivity contribution in [3.63, 3.8) is 0 Å². The van der Waals surface area contributed by atoms with E-state index in [0.29, 0.717) is 11.8 Å². The fourth-order valence-corrected chi connectivity index (χ4v) is 2.77. The minimum Gasteiger partial charge on any atom is -0.0773 e. The first-order chi connectivity index (χ1) is 9.31. The molecule has 19 heavy (non-hydrogen) atoms. The lowest BCUT2D eigenvalue weighted by molar-refractivity contribution is 0.569. The van der Waals surface area contributed by atoms with Crippen molar-refractivity contribution in [3.05, 3.63) is 71.8 Å². The number of hydrogen-bond acceptors (Lipinski definition) is 0. The van der Waals surface area contributed by atoms with E-state index in [2.05, 4.69) is 74.6 Å². The molecule has 0 saturated carbocycles. The molecular formula is C19H24. The Morgan fingerprint density at radius 1 is 1.05 bits per heavy atom. The van der Waals surface area contributed by atoms with Gasteiger partial charge in [-0.25, -0.2) is 0 Å². The van der Waals surface area contributed by atoms with Gasteiger partial charge >= 0.3 is 0 Å². The van der Waals surface area contributed by atoms with Crippen LogP contribution < -0.4 is 0 Å². The van der Waals surface area contributed by atoms with Crippen molar-refractivity contribution in [1.29, 1.82) is 0 Å². The number of benzene rings is 1. The third kappa shape index (κ3) is 3.96. The Balaban J connectivity index is 2.08. The smallest absolute Gasteiger partial charge is 0.00113 e. The van der Waals surface area contributed by atoms with Gasteiger partial charge in [0.25, 0.3) is 0 Å². The van der Waals surface area contributed by atoms with E-state index < -0.39 is 0 Å². The van der Waals surface area contributed by atoms with Crippen molar-refractivity contribution in [1.82, 2.24) is 0 Å². The maximum atomic E-state index is 2.37. The minimum atomic E-state index is 0.588. The Kier molecular flexibility index (Phi) is 5.20. The lowest BCUT2D eigenvalue weighted by Crippen LogP contribution is -2.06. The van der Waals surface area contributed by atoms with Gasteiger partial charge in [-0.1, -0.05) is 86.6 Å². The maximum Gasteiger partial charge on any atom is -0.00113 e. The molecule has 0 saturated heterocycles.